The highest BCUT2D eigenvalue weighted by molar-refractivity contribution is 4.96. The molecule has 0 bridgehead atoms. The quantitative estimate of drug-likeness (QED) is 0.611. The van der Waals surface area contributed by atoms with E-state index in [2.05, 4.69) is 17.1 Å². The van der Waals surface area contributed by atoms with Gasteiger partial charge in [-0.15, -0.1) is 0 Å². The maximum Gasteiger partial charge on any atom is 0.0872 e. The normalized spacial score (nSPS) is 39.9. The van der Waals surface area contributed by atoms with Crippen LogP contribution < -0.4 is 5.32 Å². The van der Waals surface area contributed by atoms with Crippen LogP contribution in [0.2, 0.25) is 0 Å². The molecule has 3 nitrogen and oxygen atoms in total. The monoisotopic (exact) mass is 184 g/mol. The van der Waals surface area contributed by atoms with Crippen LogP contribution in [0, 0.1) is 0 Å². The summed E-state index contributed by atoms with van der Waals surface area (Å²) in [4.78, 5) is 2.41. The lowest BCUT2D eigenvalue weighted by Crippen LogP contribution is -2.64. The van der Waals surface area contributed by atoms with Gasteiger partial charge in [-0.1, -0.05) is 0 Å². The Morgan fingerprint density at radius 1 is 1.46 bits per heavy atom. The minimum absolute atomic E-state index is 0.409. The summed E-state index contributed by atoms with van der Waals surface area (Å²) in [6.45, 7) is 7.03. The van der Waals surface area contributed by atoms with E-state index in [9.17, 15) is 5.11 Å². The SMILES string of the molecule is CC1CC(N2CC(C)(O)C2)CCN1. The summed E-state index contributed by atoms with van der Waals surface area (Å²) in [5.74, 6) is 0. The largest absolute Gasteiger partial charge is 0.388 e. The average molecular weight is 184 g/mol. The summed E-state index contributed by atoms with van der Waals surface area (Å²) in [5, 5.41) is 13.1. The van der Waals surface area contributed by atoms with Crippen molar-refractivity contribution in [1.29, 1.82) is 0 Å². The maximum atomic E-state index is 9.62. The lowest BCUT2D eigenvalue weighted by molar-refractivity contribution is -0.107. The van der Waals surface area contributed by atoms with Gasteiger partial charge in [0.25, 0.3) is 0 Å². The zero-order valence-corrected chi connectivity index (χ0v) is 8.58. The smallest absolute Gasteiger partial charge is 0.0872 e. The molecule has 2 atom stereocenters. The van der Waals surface area contributed by atoms with Crippen molar-refractivity contribution in [2.45, 2.75) is 44.4 Å². The predicted molar refractivity (Wildman–Crippen MR) is 52.7 cm³/mol. The molecule has 76 valence electrons. The van der Waals surface area contributed by atoms with Crippen molar-refractivity contribution in [2.24, 2.45) is 0 Å². The van der Waals surface area contributed by atoms with Crippen molar-refractivity contribution in [3.63, 3.8) is 0 Å². The molecule has 0 aromatic rings. The third kappa shape index (κ3) is 2.03. The first-order valence-electron chi connectivity index (χ1n) is 5.27. The molecule has 2 fully saturated rings. The molecule has 0 amide bonds. The second kappa shape index (κ2) is 3.23. The molecule has 2 aliphatic heterocycles. The van der Waals surface area contributed by atoms with Gasteiger partial charge in [0.2, 0.25) is 0 Å². The molecule has 2 rings (SSSR count). The van der Waals surface area contributed by atoms with Crippen molar-refractivity contribution >= 4 is 0 Å². The van der Waals surface area contributed by atoms with Gasteiger partial charge in [-0.2, -0.15) is 0 Å². The lowest BCUT2D eigenvalue weighted by atomic mass is 9.90. The van der Waals surface area contributed by atoms with Crippen molar-refractivity contribution in [2.75, 3.05) is 19.6 Å². The van der Waals surface area contributed by atoms with Crippen LogP contribution in [0.25, 0.3) is 0 Å². The molecule has 3 heteroatoms. The molecular formula is C10H20N2O. The highest BCUT2D eigenvalue weighted by Gasteiger charge is 2.40. The Labute approximate surface area is 80.1 Å². The molecule has 0 saturated carbocycles. The van der Waals surface area contributed by atoms with E-state index in [-0.39, 0.29) is 0 Å². The third-order valence-corrected chi connectivity index (χ3v) is 3.20. The van der Waals surface area contributed by atoms with E-state index in [1.807, 2.05) is 6.92 Å². The Hall–Kier alpha value is -0.120. The summed E-state index contributed by atoms with van der Waals surface area (Å²) in [6.07, 6.45) is 2.47. The number of nitrogens with zero attached hydrogens (tertiary/aromatic N) is 1. The number of hydrogen-bond acceptors (Lipinski definition) is 3. The van der Waals surface area contributed by atoms with Crippen LogP contribution >= 0.6 is 0 Å². The highest BCUT2D eigenvalue weighted by Crippen LogP contribution is 2.26. The molecule has 2 N–H and O–H groups in total. The standard InChI is InChI=1S/C10H20N2O/c1-8-5-9(3-4-11-8)12-6-10(2,13)7-12/h8-9,11,13H,3-7H2,1-2H3. The fourth-order valence-electron chi connectivity index (χ4n) is 2.52. The molecule has 2 unspecified atom stereocenters. The van der Waals surface area contributed by atoms with E-state index in [0.717, 1.165) is 19.6 Å². The Bertz CT molecular complexity index is 185. The number of aliphatic hydroxyl groups is 1. The number of nitrogens with one attached hydrogen (secondary N) is 1. The first-order chi connectivity index (χ1) is 6.07. The summed E-state index contributed by atoms with van der Waals surface area (Å²) in [7, 11) is 0. The van der Waals surface area contributed by atoms with Crippen LogP contribution in [0.3, 0.4) is 0 Å². The minimum Gasteiger partial charge on any atom is -0.388 e. The topological polar surface area (TPSA) is 35.5 Å². The van der Waals surface area contributed by atoms with E-state index in [1.165, 1.54) is 12.8 Å². The van der Waals surface area contributed by atoms with Gasteiger partial charge in [-0.3, -0.25) is 4.90 Å². The number of β-amino-alcohol motifs (C(OH)–C–C–N with tert-alkyl or cyclic N) is 1. The van der Waals surface area contributed by atoms with Gasteiger partial charge in [0.15, 0.2) is 0 Å². The van der Waals surface area contributed by atoms with Crippen molar-refractivity contribution < 1.29 is 5.11 Å². The van der Waals surface area contributed by atoms with E-state index >= 15 is 0 Å². The highest BCUT2D eigenvalue weighted by atomic mass is 16.3. The van der Waals surface area contributed by atoms with Gasteiger partial charge in [0.05, 0.1) is 5.60 Å². The first kappa shape index (κ1) is 9.44. The van der Waals surface area contributed by atoms with Crippen LogP contribution in [0.5, 0.6) is 0 Å². The lowest BCUT2D eigenvalue weighted by Gasteiger charge is -2.50. The van der Waals surface area contributed by atoms with Gasteiger partial charge in [0.1, 0.15) is 0 Å². The molecule has 0 aromatic heterocycles. The molecule has 2 saturated heterocycles. The summed E-state index contributed by atoms with van der Waals surface area (Å²) in [5.41, 5.74) is -0.409. The van der Waals surface area contributed by atoms with E-state index in [1.54, 1.807) is 0 Å². The van der Waals surface area contributed by atoms with Crippen LogP contribution in [0.1, 0.15) is 26.7 Å². The zero-order valence-electron chi connectivity index (χ0n) is 8.58. The maximum absolute atomic E-state index is 9.62. The van der Waals surface area contributed by atoms with Crippen LogP contribution in [0.4, 0.5) is 0 Å². The Balaban J connectivity index is 1.82. The van der Waals surface area contributed by atoms with Gasteiger partial charge < -0.3 is 10.4 Å². The number of hydrogen-bond donors (Lipinski definition) is 2. The Morgan fingerprint density at radius 2 is 2.15 bits per heavy atom. The van der Waals surface area contributed by atoms with Crippen LogP contribution in [0.15, 0.2) is 0 Å². The molecule has 2 aliphatic rings. The molecule has 2 heterocycles. The predicted octanol–water partition coefficient (Wildman–Crippen LogP) is 0.193. The third-order valence-electron chi connectivity index (χ3n) is 3.20. The second-order valence-electron chi connectivity index (χ2n) is 4.94. The van der Waals surface area contributed by atoms with Gasteiger partial charge >= 0.3 is 0 Å². The second-order valence-corrected chi connectivity index (χ2v) is 4.94. The van der Waals surface area contributed by atoms with E-state index in [4.69, 9.17) is 0 Å². The van der Waals surface area contributed by atoms with Gasteiger partial charge in [-0.05, 0) is 33.2 Å². The van der Waals surface area contributed by atoms with Crippen LogP contribution in [-0.2, 0) is 0 Å². The molecule has 0 spiro atoms. The molecule has 0 aliphatic carbocycles. The van der Waals surface area contributed by atoms with Crippen LogP contribution in [-0.4, -0.2) is 47.3 Å². The first-order valence-corrected chi connectivity index (χ1v) is 5.27. The number of piperidine rings is 1. The molecular weight excluding hydrogens is 164 g/mol. The van der Waals surface area contributed by atoms with E-state index in [0.29, 0.717) is 12.1 Å². The van der Waals surface area contributed by atoms with Gasteiger partial charge in [-0.25, -0.2) is 0 Å². The fourth-order valence-corrected chi connectivity index (χ4v) is 2.52. The summed E-state index contributed by atoms with van der Waals surface area (Å²) < 4.78 is 0. The van der Waals surface area contributed by atoms with Gasteiger partial charge in [0, 0.05) is 25.2 Å². The van der Waals surface area contributed by atoms with Crippen molar-refractivity contribution in [3.05, 3.63) is 0 Å². The number of rotatable bonds is 1. The Morgan fingerprint density at radius 3 is 2.69 bits per heavy atom. The Kier molecular flexibility index (Phi) is 2.34. The minimum atomic E-state index is -0.409. The molecule has 0 radical (unpaired) electrons. The summed E-state index contributed by atoms with van der Waals surface area (Å²) in [6, 6.07) is 1.35. The molecule has 13 heavy (non-hydrogen) atoms. The van der Waals surface area contributed by atoms with E-state index < -0.39 is 5.60 Å². The zero-order chi connectivity index (χ0) is 9.47. The van der Waals surface area contributed by atoms with Crippen molar-refractivity contribution in [3.8, 4) is 0 Å². The summed E-state index contributed by atoms with van der Waals surface area (Å²) >= 11 is 0. The van der Waals surface area contributed by atoms with Crippen molar-refractivity contribution in [1.82, 2.24) is 10.2 Å². The molecule has 0 aromatic carbocycles. The fraction of sp³-hybridized carbons (Fsp3) is 1.00. The average Bonchev–Trinajstić information content (AvgIpc) is 2.00. The number of likely N-dealkylation sites (tertiary alicyclic amines) is 1.